The lowest BCUT2D eigenvalue weighted by molar-refractivity contribution is -0.116. The molecule has 3 aromatic heterocycles. The summed E-state index contributed by atoms with van der Waals surface area (Å²) in [7, 11) is 0. The molecule has 0 radical (unpaired) electrons. The lowest BCUT2D eigenvalue weighted by Crippen LogP contribution is -2.16. The summed E-state index contributed by atoms with van der Waals surface area (Å²) in [5.41, 5.74) is 1.45. The van der Waals surface area contributed by atoms with Gasteiger partial charge in [-0.2, -0.15) is 10.1 Å². The number of rotatable bonds is 7. The number of pyridine rings is 1. The van der Waals surface area contributed by atoms with E-state index in [1.807, 2.05) is 12.1 Å². The topological polar surface area (TPSA) is 98.7 Å². The monoisotopic (exact) mass is 442 g/mol. The second-order valence-corrected chi connectivity index (χ2v) is 7.23. The van der Waals surface area contributed by atoms with Gasteiger partial charge in [-0.05, 0) is 29.8 Å². The number of anilines is 1. The normalized spacial score (nSPS) is 10.9. The Balaban J connectivity index is 1.35. The standard InChI is InChI=1S/C20H16Cl2N6O2/c21-14-5-4-13(15(22)11-14)12-28-17(8-10-24-28)25-18(29)6-7-19-26-20(27-30-19)16-3-1-2-9-23-16/h1-5,8-11H,6-7,12H2,(H,25,29). The van der Waals surface area contributed by atoms with Gasteiger partial charge in [0.2, 0.25) is 17.6 Å². The Hall–Kier alpha value is -3.23. The lowest BCUT2D eigenvalue weighted by Gasteiger charge is -2.10. The van der Waals surface area contributed by atoms with E-state index in [4.69, 9.17) is 27.7 Å². The van der Waals surface area contributed by atoms with Crippen LogP contribution in [0.15, 0.2) is 59.4 Å². The van der Waals surface area contributed by atoms with E-state index in [0.717, 1.165) is 5.56 Å². The predicted octanol–water partition coefficient (Wildman–Crippen LogP) is 4.25. The van der Waals surface area contributed by atoms with Gasteiger partial charge in [0.05, 0.1) is 12.7 Å². The van der Waals surface area contributed by atoms with Gasteiger partial charge < -0.3 is 9.84 Å². The van der Waals surface area contributed by atoms with Crippen molar-refractivity contribution in [3.63, 3.8) is 0 Å². The first-order valence-electron chi connectivity index (χ1n) is 9.08. The van der Waals surface area contributed by atoms with E-state index in [1.54, 1.807) is 47.4 Å². The highest BCUT2D eigenvalue weighted by Crippen LogP contribution is 2.23. The molecular weight excluding hydrogens is 427 g/mol. The summed E-state index contributed by atoms with van der Waals surface area (Å²) in [6, 6.07) is 12.4. The average molecular weight is 443 g/mol. The average Bonchev–Trinajstić information content (AvgIpc) is 3.39. The molecule has 0 aliphatic heterocycles. The number of amides is 1. The molecule has 0 bridgehead atoms. The zero-order valence-electron chi connectivity index (χ0n) is 15.6. The number of nitrogens with one attached hydrogen (secondary N) is 1. The molecule has 1 N–H and O–H groups in total. The molecule has 0 aliphatic carbocycles. The van der Waals surface area contributed by atoms with E-state index < -0.39 is 0 Å². The lowest BCUT2D eigenvalue weighted by atomic mass is 10.2. The van der Waals surface area contributed by atoms with Crippen molar-refractivity contribution in [3.8, 4) is 11.5 Å². The maximum absolute atomic E-state index is 12.4. The molecule has 1 amide bonds. The molecule has 0 fully saturated rings. The molecule has 0 saturated carbocycles. The highest BCUT2D eigenvalue weighted by molar-refractivity contribution is 6.35. The van der Waals surface area contributed by atoms with Crippen LogP contribution < -0.4 is 5.32 Å². The number of aryl methyl sites for hydroxylation is 1. The van der Waals surface area contributed by atoms with Crippen LogP contribution in [-0.2, 0) is 17.8 Å². The van der Waals surface area contributed by atoms with Crippen molar-refractivity contribution in [2.24, 2.45) is 0 Å². The third kappa shape index (κ3) is 4.84. The fraction of sp³-hybridized carbons (Fsp3) is 0.150. The van der Waals surface area contributed by atoms with E-state index in [0.29, 0.717) is 46.2 Å². The first-order chi connectivity index (χ1) is 14.6. The smallest absolute Gasteiger partial charge is 0.227 e. The van der Waals surface area contributed by atoms with Crippen LogP contribution in [-0.4, -0.2) is 30.8 Å². The van der Waals surface area contributed by atoms with Crippen molar-refractivity contribution in [2.45, 2.75) is 19.4 Å². The first kappa shape index (κ1) is 20.1. The van der Waals surface area contributed by atoms with Crippen LogP contribution in [0, 0.1) is 0 Å². The largest absolute Gasteiger partial charge is 0.339 e. The molecule has 0 unspecified atom stereocenters. The number of benzene rings is 1. The van der Waals surface area contributed by atoms with Gasteiger partial charge in [0.15, 0.2) is 0 Å². The number of hydrogen-bond acceptors (Lipinski definition) is 6. The highest BCUT2D eigenvalue weighted by Gasteiger charge is 2.13. The first-order valence-corrected chi connectivity index (χ1v) is 9.83. The van der Waals surface area contributed by atoms with Crippen molar-refractivity contribution in [1.82, 2.24) is 24.9 Å². The van der Waals surface area contributed by atoms with Crippen LogP contribution in [0.3, 0.4) is 0 Å². The molecule has 1 aromatic carbocycles. The maximum atomic E-state index is 12.4. The molecule has 4 aromatic rings. The van der Waals surface area contributed by atoms with Crippen molar-refractivity contribution in [1.29, 1.82) is 0 Å². The zero-order chi connectivity index (χ0) is 20.9. The summed E-state index contributed by atoms with van der Waals surface area (Å²) in [5, 5.41) is 12.1. The SMILES string of the molecule is O=C(CCc1nc(-c2ccccn2)no1)Nc1ccnn1Cc1ccc(Cl)cc1Cl. The molecule has 0 spiro atoms. The van der Waals surface area contributed by atoms with E-state index in [2.05, 4.69) is 25.5 Å². The van der Waals surface area contributed by atoms with Crippen LogP contribution in [0.1, 0.15) is 17.9 Å². The zero-order valence-corrected chi connectivity index (χ0v) is 17.1. The third-order valence-electron chi connectivity index (χ3n) is 4.25. The molecule has 152 valence electrons. The second-order valence-electron chi connectivity index (χ2n) is 6.38. The number of nitrogens with zero attached hydrogens (tertiary/aromatic N) is 5. The Morgan fingerprint density at radius 3 is 2.83 bits per heavy atom. The van der Waals surface area contributed by atoms with Crippen molar-refractivity contribution in [2.75, 3.05) is 5.32 Å². The molecule has 0 saturated heterocycles. The highest BCUT2D eigenvalue weighted by atomic mass is 35.5. The summed E-state index contributed by atoms with van der Waals surface area (Å²) in [5.74, 6) is 1.12. The van der Waals surface area contributed by atoms with Gasteiger partial charge in [-0.1, -0.05) is 40.5 Å². The van der Waals surface area contributed by atoms with Gasteiger partial charge in [-0.3, -0.25) is 9.78 Å². The number of aromatic nitrogens is 5. The van der Waals surface area contributed by atoms with Crippen molar-refractivity contribution < 1.29 is 9.32 Å². The summed E-state index contributed by atoms with van der Waals surface area (Å²) >= 11 is 12.2. The fourth-order valence-corrected chi connectivity index (χ4v) is 3.23. The van der Waals surface area contributed by atoms with Crippen LogP contribution in [0.2, 0.25) is 10.0 Å². The molecule has 10 heteroatoms. The van der Waals surface area contributed by atoms with Crippen molar-refractivity contribution >= 4 is 34.9 Å². The molecule has 0 aliphatic rings. The van der Waals surface area contributed by atoms with Crippen molar-refractivity contribution in [3.05, 3.63) is 76.4 Å². The van der Waals surface area contributed by atoms with Gasteiger partial charge in [0, 0.05) is 35.2 Å². The number of halogens is 2. The molecule has 4 rings (SSSR count). The quantitative estimate of drug-likeness (QED) is 0.459. The summed E-state index contributed by atoms with van der Waals surface area (Å²) in [4.78, 5) is 20.8. The summed E-state index contributed by atoms with van der Waals surface area (Å²) in [6.07, 6.45) is 3.75. The molecular formula is C20H16Cl2N6O2. The Morgan fingerprint density at radius 1 is 1.13 bits per heavy atom. The van der Waals surface area contributed by atoms with E-state index in [1.165, 1.54) is 0 Å². The van der Waals surface area contributed by atoms with Crippen LogP contribution in [0.5, 0.6) is 0 Å². The van der Waals surface area contributed by atoms with E-state index in [9.17, 15) is 4.79 Å². The Labute approximate surface area is 181 Å². The minimum atomic E-state index is -0.198. The van der Waals surface area contributed by atoms with E-state index in [-0.39, 0.29) is 12.3 Å². The molecule has 8 nitrogen and oxygen atoms in total. The van der Waals surface area contributed by atoms with Gasteiger partial charge >= 0.3 is 0 Å². The van der Waals surface area contributed by atoms with Crippen LogP contribution in [0.25, 0.3) is 11.5 Å². The number of carbonyl (C=O) groups is 1. The second kappa shape index (κ2) is 9.06. The minimum absolute atomic E-state index is 0.177. The van der Waals surface area contributed by atoms with Crippen LogP contribution in [0.4, 0.5) is 5.82 Å². The number of carbonyl (C=O) groups excluding carboxylic acids is 1. The minimum Gasteiger partial charge on any atom is -0.339 e. The van der Waals surface area contributed by atoms with Crippen LogP contribution >= 0.6 is 23.2 Å². The predicted molar refractivity (Wildman–Crippen MR) is 112 cm³/mol. The Bertz CT molecular complexity index is 1160. The summed E-state index contributed by atoms with van der Waals surface area (Å²) in [6.45, 7) is 0.399. The van der Waals surface area contributed by atoms with E-state index >= 15 is 0 Å². The van der Waals surface area contributed by atoms with Gasteiger partial charge in [0.1, 0.15) is 11.5 Å². The van der Waals surface area contributed by atoms with Gasteiger partial charge in [-0.15, -0.1) is 0 Å². The molecule has 3 heterocycles. The fourth-order valence-electron chi connectivity index (χ4n) is 2.76. The van der Waals surface area contributed by atoms with Gasteiger partial charge in [0.25, 0.3) is 0 Å². The van der Waals surface area contributed by atoms with Gasteiger partial charge in [-0.25, -0.2) is 4.68 Å². The third-order valence-corrected chi connectivity index (χ3v) is 4.83. The molecule has 0 atom stereocenters. The Kier molecular flexibility index (Phi) is 6.06. The molecule has 30 heavy (non-hydrogen) atoms. The maximum Gasteiger partial charge on any atom is 0.227 e. The Morgan fingerprint density at radius 2 is 2.03 bits per heavy atom. The summed E-state index contributed by atoms with van der Waals surface area (Å²) < 4.78 is 6.86. The number of hydrogen-bond donors (Lipinski definition) is 1.